The molecule has 0 spiro atoms. The summed E-state index contributed by atoms with van der Waals surface area (Å²) in [5.74, 6) is 0.515. The van der Waals surface area contributed by atoms with Gasteiger partial charge in [0, 0.05) is 30.5 Å². The molecule has 0 fully saturated rings. The van der Waals surface area contributed by atoms with Gasteiger partial charge in [-0.05, 0) is 46.6 Å². The van der Waals surface area contributed by atoms with Crippen LogP contribution in [-0.2, 0) is 0 Å². The zero-order chi connectivity index (χ0) is 13.2. The number of rotatable bonds is 3. The van der Waals surface area contributed by atoms with E-state index in [1.165, 1.54) is 16.9 Å². The maximum Gasteiger partial charge on any atom is 0.0595 e. The molecule has 2 N–H and O–H groups in total. The maximum atomic E-state index is 5.74. The first-order valence-corrected chi connectivity index (χ1v) is 7.26. The van der Waals surface area contributed by atoms with Crippen LogP contribution in [0.2, 0.25) is 0 Å². The standard InChI is InChI=1S/C15H16BrN3/c16-13-9-18-8-6-15(13)19-10-11(5-7-17)12-3-1-2-4-14(12)19/h1-4,6,8-9,11H,5,7,10,17H2. The first-order chi connectivity index (χ1) is 9.31. The molecule has 2 heterocycles. The molecule has 3 rings (SSSR count). The van der Waals surface area contributed by atoms with Crippen LogP contribution in [0.25, 0.3) is 0 Å². The molecule has 2 aromatic rings. The number of halogens is 1. The number of fused-ring (bicyclic) bond motifs is 1. The largest absolute Gasteiger partial charge is 0.340 e. The number of pyridine rings is 1. The van der Waals surface area contributed by atoms with E-state index in [0.717, 1.165) is 24.0 Å². The minimum absolute atomic E-state index is 0.515. The molecule has 3 nitrogen and oxygen atoms in total. The van der Waals surface area contributed by atoms with Crippen molar-refractivity contribution in [3.05, 3.63) is 52.8 Å². The highest BCUT2D eigenvalue weighted by Crippen LogP contribution is 2.43. The monoisotopic (exact) mass is 317 g/mol. The van der Waals surface area contributed by atoms with Crippen LogP contribution in [0, 0.1) is 0 Å². The molecule has 1 aliphatic heterocycles. The summed E-state index contributed by atoms with van der Waals surface area (Å²) in [6.07, 6.45) is 4.70. The number of aromatic nitrogens is 1. The fraction of sp³-hybridized carbons (Fsp3) is 0.267. The highest BCUT2D eigenvalue weighted by atomic mass is 79.9. The van der Waals surface area contributed by atoms with E-state index < -0.39 is 0 Å². The Kier molecular flexibility index (Phi) is 3.53. The Hall–Kier alpha value is -1.39. The minimum Gasteiger partial charge on any atom is -0.340 e. The molecule has 0 saturated carbocycles. The molecule has 4 heteroatoms. The van der Waals surface area contributed by atoms with Gasteiger partial charge in [0.15, 0.2) is 0 Å². The van der Waals surface area contributed by atoms with Crippen LogP contribution >= 0.6 is 15.9 Å². The Bertz CT molecular complexity index is 585. The molecule has 1 atom stereocenters. The second-order valence-corrected chi connectivity index (χ2v) is 5.63. The van der Waals surface area contributed by atoms with Crippen molar-refractivity contribution >= 4 is 27.3 Å². The van der Waals surface area contributed by atoms with Gasteiger partial charge in [-0.25, -0.2) is 0 Å². The van der Waals surface area contributed by atoms with E-state index in [-0.39, 0.29) is 0 Å². The van der Waals surface area contributed by atoms with Crippen molar-refractivity contribution in [1.29, 1.82) is 0 Å². The summed E-state index contributed by atoms with van der Waals surface area (Å²) in [5.41, 5.74) is 9.59. The number of nitrogens with two attached hydrogens (primary N) is 1. The van der Waals surface area contributed by atoms with Crippen LogP contribution in [-0.4, -0.2) is 18.1 Å². The van der Waals surface area contributed by atoms with Gasteiger partial charge in [-0.15, -0.1) is 0 Å². The second kappa shape index (κ2) is 5.31. The van der Waals surface area contributed by atoms with Gasteiger partial charge >= 0.3 is 0 Å². The fourth-order valence-corrected chi connectivity index (χ4v) is 3.22. The topological polar surface area (TPSA) is 42.1 Å². The number of hydrogen-bond acceptors (Lipinski definition) is 3. The van der Waals surface area contributed by atoms with E-state index in [0.29, 0.717) is 5.92 Å². The molecule has 1 aromatic heterocycles. The van der Waals surface area contributed by atoms with E-state index >= 15 is 0 Å². The van der Waals surface area contributed by atoms with E-state index in [4.69, 9.17) is 5.73 Å². The van der Waals surface area contributed by atoms with Gasteiger partial charge in [0.2, 0.25) is 0 Å². The van der Waals surface area contributed by atoms with Crippen molar-refractivity contribution in [3.8, 4) is 0 Å². The fourth-order valence-electron chi connectivity index (χ4n) is 2.76. The van der Waals surface area contributed by atoms with Crippen LogP contribution in [0.5, 0.6) is 0 Å². The molecule has 0 bridgehead atoms. The van der Waals surface area contributed by atoms with Gasteiger partial charge in [-0.1, -0.05) is 18.2 Å². The molecule has 0 aliphatic carbocycles. The lowest BCUT2D eigenvalue weighted by Gasteiger charge is -2.21. The zero-order valence-corrected chi connectivity index (χ0v) is 12.2. The number of para-hydroxylation sites is 1. The molecule has 1 aliphatic rings. The highest BCUT2D eigenvalue weighted by molar-refractivity contribution is 9.10. The zero-order valence-electron chi connectivity index (χ0n) is 10.6. The Morgan fingerprint density at radius 3 is 2.89 bits per heavy atom. The van der Waals surface area contributed by atoms with E-state index in [1.807, 2.05) is 18.5 Å². The van der Waals surface area contributed by atoms with Gasteiger partial charge in [0.1, 0.15) is 0 Å². The van der Waals surface area contributed by atoms with Crippen molar-refractivity contribution in [1.82, 2.24) is 4.98 Å². The molecule has 0 amide bonds. The SMILES string of the molecule is NCCC1CN(c2ccncc2Br)c2ccccc21. The molecular formula is C15H16BrN3. The average molecular weight is 318 g/mol. The molecule has 1 unspecified atom stereocenters. The molecule has 19 heavy (non-hydrogen) atoms. The van der Waals surface area contributed by atoms with Crippen LogP contribution in [0.4, 0.5) is 11.4 Å². The predicted molar refractivity (Wildman–Crippen MR) is 81.8 cm³/mol. The lowest BCUT2D eigenvalue weighted by molar-refractivity contribution is 0.668. The number of hydrogen-bond donors (Lipinski definition) is 1. The van der Waals surface area contributed by atoms with Crippen molar-refractivity contribution in [2.24, 2.45) is 5.73 Å². The normalized spacial score (nSPS) is 17.6. The van der Waals surface area contributed by atoms with Crippen LogP contribution in [0.3, 0.4) is 0 Å². The summed E-state index contributed by atoms with van der Waals surface area (Å²) >= 11 is 3.59. The lowest BCUT2D eigenvalue weighted by atomic mass is 9.98. The number of nitrogens with zero attached hydrogens (tertiary/aromatic N) is 2. The summed E-state index contributed by atoms with van der Waals surface area (Å²) in [6.45, 7) is 1.71. The van der Waals surface area contributed by atoms with Gasteiger partial charge in [0.05, 0.1) is 10.2 Å². The third kappa shape index (κ3) is 2.26. The molecule has 1 aromatic carbocycles. The maximum absolute atomic E-state index is 5.74. The van der Waals surface area contributed by atoms with Crippen molar-refractivity contribution in [3.63, 3.8) is 0 Å². The quantitative estimate of drug-likeness (QED) is 0.943. The summed E-state index contributed by atoms with van der Waals surface area (Å²) in [6, 6.07) is 10.6. The van der Waals surface area contributed by atoms with Crippen LogP contribution in [0.1, 0.15) is 17.9 Å². The Labute approximate surface area is 121 Å². The first-order valence-electron chi connectivity index (χ1n) is 6.47. The van der Waals surface area contributed by atoms with Crippen molar-refractivity contribution < 1.29 is 0 Å². The second-order valence-electron chi connectivity index (χ2n) is 4.77. The van der Waals surface area contributed by atoms with Gasteiger partial charge < -0.3 is 10.6 Å². The van der Waals surface area contributed by atoms with Crippen molar-refractivity contribution in [2.75, 3.05) is 18.0 Å². The van der Waals surface area contributed by atoms with E-state index in [9.17, 15) is 0 Å². The lowest BCUT2D eigenvalue weighted by Crippen LogP contribution is -2.17. The predicted octanol–water partition coefficient (Wildman–Crippen LogP) is 3.43. The summed E-state index contributed by atoms with van der Waals surface area (Å²) in [7, 11) is 0. The summed E-state index contributed by atoms with van der Waals surface area (Å²) < 4.78 is 1.03. The Balaban J connectivity index is 2.03. The number of benzene rings is 1. The third-order valence-corrected chi connectivity index (χ3v) is 4.24. The Morgan fingerprint density at radius 1 is 1.26 bits per heavy atom. The van der Waals surface area contributed by atoms with E-state index in [1.54, 1.807) is 0 Å². The number of anilines is 2. The van der Waals surface area contributed by atoms with Crippen molar-refractivity contribution in [2.45, 2.75) is 12.3 Å². The molecule has 0 radical (unpaired) electrons. The smallest absolute Gasteiger partial charge is 0.0595 e. The third-order valence-electron chi connectivity index (χ3n) is 3.63. The van der Waals surface area contributed by atoms with Gasteiger partial charge in [-0.3, -0.25) is 4.98 Å². The Morgan fingerprint density at radius 2 is 2.11 bits per heavy atom. The molecule has 98 valence electrons. The molecule has 0 saturated heterocycles. The first kappa shape index (κ1) is 12.6. The van der Waals surface area contributed by atoms with E-state index in [2.05, 4.69) is 50.1 Å². The summed E-state index contributed by atoms with van der Waals surface area (Å²) in [4.78, 5) is 6.48. The molecular weight excluding hydrogens is 302 g/mol. The minimum atomic E-state index is 0.515. The summed E-state index contributed by atoms with van der Waals surface area (Å²) in [5, 5.41) is 0. The highest BCUT2D eigenvalue weighted by Gasteiger charge is 2.29. The average Bonchev–Trinajstić information content (AvgIpc) is 2.79. The van der Waals surface area contributed by atoms with Gasteiger partial charge in [-0.2, -0.15) is 0 Å². The van der Waals surface area contributed by atoms with Crippen LogP contribution in [0.15, 0.2) is 47.2 Å². The van der Waals surface area contributed by atoms with Crippen LogP contribution < -0.4 is 10.6 Å². The van der Waals surface area contributed by atoms with Gasteiger partial charge in [0.25, 0.3) is 0 Å².